The number of pyridine rings is 5. The van der Waals surface area contributed by atoms with Crippen molar-refractivity contribution in [1.82, 2.24) is 80.8 Å². The Balaban J connectivity index is 0.000000105. The molecule has 20 aromatic rings. The molecule has 1 saturated heterocycles. The van der Waals surface area contributed by atoms with Crippen LogP contribution in [0.15, 0.2) is 359 Å². The average Bonchev–Trinajstić information content (AvgIpc) is 1.22. The van der Waals surface area contributed by atoms with E-state index in [0.29, 0.717) is 23.1 Å². The molecule has 2 aliphatic carbocycles. The number of halogens is 1. The largest absolute Gasteiger partial charge is 0.361 e. The average molecular weight is 1700 g/mol. The summed E-state index contributed by atoms with van der Waals surface area (Å²) in [5, 5.41) is 57.3. The Morgan fingerprint density at radius 3 is 1.02 bits per heavy atom. The van der Waals surface area contributed by atoms with Crippen molar-refractivity contribution in [2.75, 3.05) is 76.1 Å². The highest BCUT2D eigenvalue weighted by molar-refractivity contribution is 6.02. The van der Waals surface area contributed by atoms with Gasteiger partial charge in [-0.1, -0.05) is 194 Å². The number of hydrogen-bond donors (Lipinski definition) is 0. The van der Waals surface area contributed by atoms with Crippen LogP contribution in [-0.4, -0.2) is 142 Å². The number of rotatable bonds is 15. The highest BCUT2D eigenvalue weighted by Gasteiger charge is 2.30. The summed E-state index contributed by atoms with van der Waals surface area (Å²) in [6, 6.07) is 102. The number of aromatic nitrogens is 15. The van der Waals surface area contributed by atoms with Crippen molar-refractivity contribution in [3.8, 4) is 112 Å². The van der Waals surface area contributed by atoms with Gasteiger partial charge in [-0.2, -0.15) is 10.2 Å². The quantitative estimate of drug-likeness (QED) is 0.0935. The number of piperazine rings is 1. The number of hydrogen-bond acceptors (Lipinski definition) is 19. The second kappa shape index (κ2) is 38.4. The summed E-state index contributed by atoms with van der Waals surface area (Å²) in [6.07, 6.45) is 22.1. The molecule has 3 fully saturated rings. The predicted octanol–water partition coefficient (Wildman–Crippen LogP) is 23.6. The smallest absolute Gasteiger partial charge is 0.151 e. The molecule has 2 saturated carbocycles. The van der Waals surface area contributed by atoms with Crippen molar-refractivity contribution in [1.29, 1.82) is 0 Å². The Kier molecular flexibility index (Phi) is 24.7. The molecule has 634 valence electrons. The maximum absolute atomic E-state index is 14.5. The van der Waals surface area contributed by atoms with Crippen LogP contribution >= 0.6 is 0 Å². The first kappa shape index (κ1) is 83.5. The molecule has 20 heteroatoms. The predicted molar refractivity (Wildman–Crippen MR) is 523 cm³/mol. The first-order valence-corrected chi connectivity index (χ1v) is 43.8. The van der Waals surface area contributed by atoms with Gasteiger partial charge >= 0.3 is 0 Å². The summed E-state index contributed by atoms with van der Waals surface area (Å²) in [5.74, 6) is 3.29. The third kappa shape index (κ3) is 18.9. The molecule has 0 spiro atoms. The molecular formula is C110H92FN19. The van der Waals surface area contributed by atoms with E-state index in [1.165, 1.54) is 62.1 Å². The molecule has 11 heterocycles. The summed E-state index contributed by atoms with van der Waals surface area (Å²) in [5.41, 5.74) is 21.7. The minimum absolute atomic E-state index is 0.343. The van der Waals surface area contributed by atoms with Crippen molar-refractivity contribution >= 4 is 71.3 Å². The Bertz CT molecular complexity index is 7220. The minimum Gasteiger partial charge on any atom is -0.361 e. The number of fused-ring (bicyclic) bond motifs is 5. The molecule has 130 heavy (non-hydrogen) atoms. The zero-order chi connectivity index (χ0) is 88.2. The van der Waals surface area contributed by atoms with Crippen LogP contribution in [0.2, 0.25) is 0 Å². The fourth-order valence-corrected chi connectivity index (χ4v) is 16.5. The highest BCUT2D eigenvalue weighted by atomic mass is 19.1. The molecule has 23 rings (SSSR count). The van der Waals surface area contributed by atoms with Gasteiger partial charge in [0.2, 0.25) is 0 Å². The molecule has 10 aromatic heterocycles. The van der Waals surface area contributed by atoms with E-state index in [9.17, 15) is 4.39 Å². The van der Waals surface area contributed by atoms with Gasteiger partial charge in [-0.25, -0.2) is 4.39 Å². The van der Waals surface area contributed by atoms with Gasteiger partial charge in [0.15, 0.2) is 17.5 Å². The number of nitrogens with zero attached hydrogens (tertiary/aromatic N) is 19. The summed E-state index contributed by atoms with van der Waals surface area (Å²) in [6.45, 7) is 4.02. The third-order valence-electron chi connectivity index (χ3n) is 23.9. The van der Waals surface area contributed by atoms with Crippen molar-refractivity contribution in [2.45, 2.75) is 37.5 Å². The second-order valence-electron chi connectivity index (χ2n) is 33.1. The number of likely N-dealkylation sites (N-methyl/N-ethyl adjacent to an activating group) is 1. The van der Waals surface area contributed by atoms with Crippen LogP contribution in [0.25, 0.3) is 166 Å². The van der Waals surface area contributed by atoms with Gasteiger partial charge in [-0.15, -0.1) is 40.8 Å². The van der Waals surface area contributed by atoms with Crippen LogP contribution in [-0.2, 0) is 0 Å². The van der Waals surface area contributed by atoms with Crippen LogP contribution in [0.4, 0.5) is 21.8 Å². The summed E-state index contributed by atoms with van der Waals surface area (Å²) in [4.78, 5) is 29.1. The normalized spacial score (nSPS) is 13.0. The van der Waals surface area contributed by atoms with Crippen LogP contribution in [0, 0.1) is 5.82 Å². The zero-order valence-corrected chi connectivity index (χ0v) is 72.8. The Hall–Kier alpha value is -16.1. The van der Waals surface area contributed by atoms with Crippen LogP contribution < -0.4 is 14.7 Å². The lowest BCUT2D eigenvalue weighted by Gasteiger charge is -2.33. The van der Waals surface area contributed by atoms with E-state index in [0.717, 1.165) is 179 Å². The van der Waals surface area contributed by atoms with Gasteiger partial charge < -0.3 is 19.6 Å². The first-order chi connectivity index (χ1) is 63.9. The van der Waals surface area contributed by atoms with Crippen LogP contribution in [0.5, 0.6) is 0 Å². The Labute approximate surface area is 753 Å². The van der Waals surface area contributed by atoms with Crippen molar-refractivity contribution in [3.63, 3.8) is 0 Å². The molecule has 0 radical (unpaired) electrons. The van der Waals surface area contributed by atoms with Crippen molar-refractivity contribution < 1.29 is 4.39 Å². The molecule has 0 unspecified atom stereocenters. The van der Waals surface area contributed by atoms with E-state index < -0.39 is 0 Å². The maximum Gasteiger partial charge on any atom is 0.151 e. The minimum atomic E-state index is -0.343. The molecule has 0 amide bonds. The lowest BCUT2D eigenvalue weighted by Crippen LogP contribution is -2.44. The summed E-state index contributed by atoms with van der Waals surface area (Å²) >= 11 is 0. The van der Waals surface area contributed by atoms with Crippen LogP contribution in [0.1, 0.15) is 48.9 Å². The first-order valence-electron chi connectivity index (χ1n) is 43.8. The number of anilines is 3. The Morgan fingerprint density at radius 1 is 0.262 bits per heavy atom. The van der Waals surface area contributed by atoms with E-state index in [1.54, 1.807) is 37.1 Å². The molecule has 0 bridgehead atoms. The molecule has 1 aliphatic heterocycles. The molecule has 19 nitrogen and oxygen atoms in total. The van der Waals surface area contributed by atoms with Gasteiger partial charge in [0.1, 0.15) is 34.3 Å². The van der Waals surface area contributed by atoms with Gasteiger partial charge in [0.25, 0.3) is 0 Å². The van der Waals surface area contributed by atoms with Gasteiger partial charge in [0.05, 0.1) is 17.6 Å². The standard InChI is InChI=1S/C24H23N5.C22H16FN3.C22H17N3.2C21H18N4/c1-28-12-14-29(15-13-28)23-17-22(19-8-10-25-11-9-19)24(27-26-23)21-7-6-18-4-2-3-5-20(18)16-21;23-20-13-24-10-9-18(20)19-12-21(15-6-7-15)25-26-22(19)17-8-5-14-3-1-2-4-16(14)11-17;1-2-6-18-15(4-1)5-3-7-19(18)22-20(16-10-12-23-13-11-16)14-21(24-25-22)17-8-9-17;1-25(2)20-14-19(16-10-12-22-13-11-16)21(24-23-20)18-9-5-7-15-6-3-4-8-17(15)18;1-25(2)20-14-19(16-9-11-22-12-10-16)21(24-23-20)18-8-7-15-5-3-4-6-17(15)13-18/h2-11,16-17H,12-15H2,1H3;1-5,8-13,15H,6-7H2;1-7,10-14,17H,8-9H2;2*3-14H,1-2H3. The van der Waals surface area contributed by atoms with Gasteiger partial charge in [-0.05, 0) is 212 Å². The maximum atomic E-state index is 14.5. The van der Waals surface area contributed by atoms with Crippen LogP contribution in [0.3, 0.4) is 0 Å². The topological polar surface area (TPSA) is 206 Å². The molecule has 0 atom stereocenters. The Morgan fingerprint density at radius 2 is 0.600 bits per heavy atom. The van der Waals surface area contributed by atoms with E-state index >= 15 is 0 Å². The lowest BCUT2D eigenvalue weighted by atomic mass is 9.95. The lowest BCUT2D eigenvalue weighted by molar-refractivity contribution is 0.312. The number of benzene rings is 10. The van der Waals surface area contributed by atoms with E-state index in [4.69, 9.17) is 5.10 Å². The second-order valence-corrected chi connectivity index (χ2v) is 33.1. The molecule has 0 N–H and O–H groups in total. The fourth-order valence-electron chi connectivity index (χ4n) is 16.5. The van der Waals surface area contributed by atoms with Gasteiger partial charge in [0, 0.05) is 183 Å². The fraction of sp³-hybridized carbons (Fsp3) is 0.136. The van der Waals surface area contributed by atoms with Crippen molar-refractivity contribution in [3.05, 3.63) is 376 Å². The monoisotopic (exact) mass is 1700 g/mol. The van der Waals surface area contributed by atoms with E-state index in [1.807, 2.05) is 136 Å². The van der Waals surface area contributed by atoms with E-state index in [2.05, 4.69) is 306 Å². The molecular weight excluding hydrogens is 1610 g/mol. The molecule has 3 aliphatic rings. The SMILES string of the molecule is CN(C)c1cc(-c2ccncc2)c(-c2ccc3ccccc3c2)nn1.CN(C)c1cc(-c2ccncc2)c(-c2cccc3ccccc23)nn1.CN1CCN(c2cc(-c3ccncc3)c(-c3ccc4ccccc4c3)nn2)CC1.Fc1cnccc1-c1cc(C2CC2)nnc1-c1ccc2ccccc2c1.c1ccc2c(-c3nnc(C4CC4)cc3-c3ccncc3)cccc2c1. The van der Waals surface area contributed by atoms with Gasteiger partial charge in [-0.3, -0.25) is 24.9 Å². The highest BCUT2D eigenvalue weighted by Crippen LogP contribution is 2.46. The summed E-state index contributed by atoms with van der Waals surface area (Å²) in [7, 11) is 10.0. The van der Waals surface area contributed by atoms with E-state index in [-0.39, 0.29) is 5.82 Å². The molecule has 10 aromatic carbocycles. The van der Waals surface area contributed by atoms with Crippen molar-refractivity contribution in [2.24, 2.45) is 0 Å². The summed E-state index contributed by atoms with van der Waals surface area (Å²) < 4.78 is 14.5. The third-order valence-corrected chi connectivity index (χ3v) is 23.9. The zero-order valence-electron chi connectivity index (χ0n) is 72.8.